The Labute approximate surface area is 202 Å². The number of hydrogen-bond donors (Lipinski definition) is 1. The van der Waals surface area contributed by atoms with E-state index in [0.29, 0.717) is 0 Å². The van der Waals surface area contributed by atoms with Crippen molar-refractivity contribution < 1.29 is 0 Å². The third kappa shape index (κ3) is 4.08. The lowest BCUT2D eigenvalue weighted by Crippen LogP contribution is -2.31. The Morgan fingerprint density at radius 2 is 0.971 bits per heavy atom. The van der Waals surface area contributed by atoms with E-state index in [1.807, 2.05) is 0 Å². The van der Waals surface area contributed by atoms with Crippen LogP contribution in [0.1, 0.15) is 39.4 Å². The SMILES string of the molecule is NC(c1ccc2c(c1)CN(c1ccccc1)CC2)c1ccc2c(c1)CN(c1ccccc1)CC2. The maximum Gasteiger partial charge on any atom is 0.0551 e. The molecule has 3 heteroatoms. The summed E-state index contributed by atoms with van der Waals surface area (Å²) in [5, 5.41) is 0. The summed E-state index contributed by atoms with van der Waals surface area (Å²) >= 11 is 0. The van der Waals surface area contributed by atoms with E-state index in [-0.39, 0.29) is 6.04 Å². The van der Waals surface area contributed by atoms with E-state index in [0.717, 1.165) is 39.0 Å². The first-order chi connectivity index (χ1) is 16.7. The van der Waals surface area contributed by atoms with Gasteiger partial charge in [0.2, 0.25) is 0 Å². The number of benzene rings is 4. The molecule has 2 aliphatic heterocycles. The fourth-order valence-corrected chi connectivity index (χ4v) is 5.45. The maximum absolute atomic E-state index is 6.85. The van der Waals surface area contributed by atoms with Crippen LogP contribution in [0.15, 0.2) is 97.1 Å². The van der Waals surface area contributed by atoms with Gasteiger partial charge in [-0.3, -0.25) is 0 Å². The van der Waals surface area contributed by atoms with Gasteiger partial charge in [-0.15, -0.1) is 0 Å². The van der Waals surface area contributed by atoms with Crippen molar-refractivity contribution in [3.8, 4) is 0 Å². The van der Waals surface area contributed by atoms with Crippen molar-refractivity contribution in [1.29, 1.82) is 0 Å². The summed E-state index contributed by atoms with van der Waals surface area (Å²) in [4.78, 5) is 4.93. The van der Waals surface area contributed by atoms with Crippen molar-refractivity contribution in [2.24, 2.45) is 5.73 Å². The van der Waals surface area contributed by atoms with Crippen molar-refractivity contribution in [2.75, 3.05) is 22.9 Å². The predicted octanol–water partition coefficient (Wildman–Crippen LogP) is 5.86. The molecular formula is C31H31N3. The molecule has 4 aromatic rings. The highest BCUT2D eigenvalue weighted by molar-refractivity contribution is 5.52. The Morgan fingerprint density at radius 3 is 1.41 bits per heavy atom. The number of fused-ring (bicyclic) bond motifs is 2. The highest BCUT2D eigenvalue weighted by atomic mass is 15.1. The summed E-state index contributed by atoms with van der Waals surface area (Å²) in [6.07, 6.45) is 2.15. The summed E-state index contributed by atoms with van der Waals surface area (Å²) < 4.78 is 0. The molecule has 2 heterocycles. The van der Waals surface area contributed by atoms with Gasteiger partial charge in [0.1, 0.15) is 0 Å². The van der Waals surface area contributed by atoms with Crippen LogP contribution >= 0.6 is 0 Å². The van der Waals surface area contributed by atoms with Gasteiger partial charge in [-0.05, 0) is 70.5 Å². The van der Waals surface area contributed by atoms with Crippen LogP contribution < -0.4 is 15.5 Å². The van der Waals surface area contributed by atoms with Crippen LogP contribution in [-0.2, 0) is 25.9 Å². The Hall–Kier alpha value is -3.56. The molecule has 0 aliphatic carbocycles. The Morgan fingerprint density at radius 1 is 0.529 bits per heavy atom. The summed E-state index contributed by atoms with van der Waals surface area (Å²) in [5.74, 6) is 0. The zero-order valence-electron chi connectivity index (χ0n) is 19.5. The van der Waals surface area contributed by atoms with Gasteiger partial charge >= 0.3 is 0 Å². The third-order valence-corrected chi connectivity index (χ3v) is 7.45. The van der Waals surface area contributed by atoms with Crippen LogP contribution in [-0.4, -0.2) is 13.1 Å². The molecule has 0 saturated carbocycles. The van der Waals surface area contributed by atoms with Crippen LogP contribution in [0.3, 0.4) is 0 Å². The van der Waals surface area contributed by atoms with Crippen molar-refractivity contribution in [3.63, 3.8) is 0 Å². The molecule has 2 N–H and O–H groups in total. The number of rotatable bonds is 4. The van der Waals surface area contributed by atoms with Gasteiger partial charge < -0.3 is 15.5 Å². The van der Waals surface area contributed by atoms with Crippen molar-refractivity contribution in [1.82, 2.24) is 0 Å². The second-order valence-corrected chi connectivity index (χ2v) is 9.55. The van der Waals surface area contributed by atoms with Crippen LogP contribution in [0.4, 0.5) is 11.4 Å². The van der Waals surface area contributed by atoms with Crippen molar-refractivity contribution in [2.45, 2.75) is 32.0 Å². The molecule has 0 unspecified atom stereocenters. The molecule has 0 spiro atoms. The normalized spacial score (nSPS) is 15.2. The minimum atomic E-state index is -0.116. The molecule has 0 atom stereocenters. The average molecular weight is 446 g/mol. The molecule has 0 fully saturated rings. The number of anilines is 2. The van der Waals surface area contributed by atoms with Gasteiger partial charge in [-0.1, -0.05) is 72.8 Å². The molecule has 34 heavy (non-hydrogen) atoms. The lowest BCUT2D eigenvalue weighted by molar-refractivity contribution is 0.723. The summed E-state index contributed by atoms with van der Waals surface area (Å²) in [6, 6.07) is 35.0. The maximum atomic E-state index is 6.85. The first kappa shape index (κ1) is 21.0. The van der Waals surface area contributed by atoms with Gasteiger partial charge in [-0.2, -0.15) is 0 Å². The number of nitrogens with zero attached hydrogens (tertiary/aromatic N) is 2. The van der Waals surface area contributed by atoms with Gasteiger partial charge in [0.25, 0.3) is 0 Å². The monoisotopic (exact) mass is 445 g/mol. The van der Waals surface area contributed by atoms with Gasteiger partial charge in [0.05, 0.1) is 6.04 Å². The van der Waals surface area contributed by atoms with Gasteiger partial charge in [0, 0.05) is 37.6 Å². The highest BCUT2D eigenvalue weighted by Crippen LogP contribution is 2.31. The molecular weight excluding hydrogens is 414 g/mol. The summed E-state index contributed by atoms with van der Waals surface area (Å²) in [7, 11) is 0. The van der Waals surface area contributed by atoms with E-state index in [2.05, 4.69) is 107 Å². The van der Waals surface area contributed by atoms with Crippen molar-refractivity contribution in [3.05, 3.63) is 130 Å². The van der Waals surface area contributed by atoms with E-state index in [9.17, 15) is 0 Å². The summed E-state index contributed by atoms with van der Waals surface area (Å²) in [6.45, 7) is 4.00. The molecule has 4 aromatic carbocycles. The van der Waals surface area contributed by atoms with Crippen LogP contribution in [0, 0.1) is 0 Å². The van der Waals surface area contributed by atoms with Crippen LogP contribution in [0.5, 0.6) is 0 Å². The van der Waals surface area contributed by atoms with Gasteiger partial charge in [-0.25, -0.2) is 0 Å². The smallest absolute Gasteiger partial charge is 0.0551 e. The predicted molar refractivity (Wildman–Crippen MR) is 141 cm³/mol. The third-order valence-electron chi connectivity index (χ3n) is 7.45. The van der Waals surface area contributed by atoms with E-state index >= 15 is 0 Å². The first-order valence-electron chi connectivity index (χ1n) is 12.3. The average Bonchev–Trinajstić information content (AvgIpc) is 2.92. The molecule has 6 rings (SSSR count). The Kier molecular flexibility index (Phi) is 5.56. The zero-order chi connectivity index (χ0) is 22.9. The second-order valence-electron chi connectivity index (χ2n) is 9.55. The molecule has 0 amide bonds. The fourth-order valence-electron chi connectivity index (χ4n) is 5.45. The number of nitrogens with two attached hydrogens (primary N) is 1. The Balaban J connectivity index is 1.24. The number of para-hydroxylation sites is 2. The number of hydrogen-bond acceptors (Lipinski definition) is 3. The summed E-state index contributed by atoms with van der Waals surface area (Å²) in [5.41, 5.74) is 17.5. The van der Waals surface area contributed by atoms with E-state index < -0.39 is 0 Å². The lowest BCUT2D eigenvalue weighted by Gasteiger charge is -2.32. The zero-order valence-corrected chi connectivity index (χ0v) is 19.5. The lowest BCUT2D eigenvalue weighted by atomic mass is 9.90. The molecule has 0 aromatic heterocycles. The quantitative estimate of drug-likeness (QED) is 0.427. The molecule has 3 nitrogen and oxygen atoms in total. The molecule has 170 valence electrons. The second kappa shape index (κ2) is 9.00. The van der Waals surface area contributed by atoms with Crippen LogP contribution in [0.2, 0.25) is 0 Å². The largest absolute Gasteiger partial charge is 0.367 e. The highest BCUT2D eigenvalue weighted by Gasteiger charge is 2.21. The molecule has 2 aliphatic rings. The first-order valence-corrected chi connectivity index (χ1v) is 12.3. The standard InChI is InChI=1S/C31H31N3/c32-31(25-13-11-23-15-17-33(21-27(23)19-25)29-7-3-1-4-8-29)26-14-12-24-16-18-34(22-28(24)20-26)30-9-5-2-6-10-30/h1-14,19-20,31H,15-18,21-22,32H2. The minimum Gasteiger partial charge on any atom is -0.367 e. The minimum absolute atomic E-state index is 0.116. The molecule has 0 radical (unpaired) electrons. The van der Waals surface area contributed by atoms with Gasteiger partial charge in [0.15, 0.2) is 0 Å². The van der Waals surface area contributed by atoms with Crippen molar-refractivity contribution >= 4 is 11.4 Å². The van der Waals surface area contributed by atoms with E-state index in [4.69, 9.17) is 5.73 Å². The van der Waals surface area contributed by atoms with E-state index in [1.54, 1.807) is 0 Å². The van der Waals surface area contributed by atoms with E-state index in [1.165, 1.54) is 44.8 Å². The molecule has 0 saturated heterocycles. The fraction of sp³-hybridized carbons (Fsp3) is 0.226. The Bertz CT molecular complexity index is 1180. The topological polar surface area (TPSA) is 32.5 Å². The van der Waals surface area contributed by atoms with Crippen LogP contribution in [0.25, 0.3) is 0 Å². The molecule has 0 bridgehead atoms.